The van der Waals surface area contributed by atoms with E-state index >= 15 is 0 Å². The van der Waals surface area contributed by atoms with Crippen molar-refractivity contribution in [3.05, 3.63) is 27.7 Å². The third-order valence-electron chi connectivity index (χ3n) is 3.25. The first kappa shape index (κ1) is 11.9. The predicted molar refractivity (Wildman–Crippen MR) is 73.3 cm³/mol. The molecule has 3 heteroatoms. The Balaban J connectivity index is 2.32. The van der Waals surface area contributed by atoms with Crippen LogP contribution in [-0.2, 0) is 0 Å². The van der Waals surface area contributed by atoms with Crippen LogP contribution in [0.2, 0.25) is 0 Å². The normalized spacial score (nSPS) is 21.2. The Morgan fingerprint density at radius 3 is 2.50 bits per heavy atom. The zero-order chi connectivity index (χ0) is 11.7. The first-order valence-electron chi connectivity index (χ1n) is 5.83. The maximum atomic E-state index is 3.62. The van der Waals surface area contributed by atoms with Gasteiger partial charge in [-0.05, 0) is 44.0 Å². The summed E-state index contributed by atoms with van der Waals surface area (Å²) in [6, 6.07) is 5.13. The summed E-state index contributed by atoms with van der Waals surface area (Å²) >= 11 is 3.62. The van der Waals surface area contributed by atoms with E-state index < -0.39 is 0 Å². The van der Waals surface area contributed by atoms with Gasteiger partial charge in [-0.15, -0.1) is 0 Å². The molecule has 0 saturated carbocycles. The Bertz CT molecular complexity index is 367. The van der Waals surface area contributed by atoms with Crippen LogP contribution in [0.3, 0.4) is 0 Å². The first-order chi connectivity index (χ1) is 7.59. The molecule has 1 heterocycles. The standard InChI is InChI=1S/C13H19BrN2/c1-9-6-12(7-10(2)13(9)14)16-5-4-15-8-11(16)3/h6-7,11,15H,4-5,8H2,1-3H3. The molecule has 16 heavy (non-hydrogen) atoms. The van der Waals surface area contributed by atoms with Crippen molar-refractivity contribution in [3.8, 4) is 0 Å². The minimum Gasteiger partial charge on any atom is -0.366 e. The maximum absolute atomic E-state index is 3.62. The largest absolute Gasteiger partial charge is 0.366 e. The molecule has 2 nitrogen and oxygen atoms in total. The summed E-state index contributed by atoms with van der Waals surface area (Å²) in [5, 5.41) is 3.42. The molecule has 1 atom stereocenters. The first-order valence-corrected chi connectivity index (χ1v) is 6.63. The number of benzene rings is 1. The van der Waals surface area contributed by atoms with Gasteiger partial charge in [0.1, 0.15) is 0 Å². The van der Waals surface area contributed by atoms with Crippen LogP contribution in [0.4, 0.5) is 5.69 Å². The molecule has 1 aromatic carbocycles. The van der Waals surface area contributed by atoms with E-state index in [0.29, 0.717) is 6.04 Å². The fourth-order valence-electron chi connectivity index (χ4n) is 2.31. The van der Waals surface area contributed by atoms with Gasteiger partial charge in [-0.2, -0.15) is 0 Å². The summed E-state index contributed by atoms with van der Waals surface area (Å²) in [6.45, 7) is 9.86. The van der Waals surface area contributed by atoms with Gasteiger partial charge in [0, 0.05) is 35.8 Å². The predicted octanol–water partition coefficient (Wildman–Crippen LogP) is 2.86. The van der Waals surface area contributed by atoms with Crippen molar-refractivity contribution in [2.45, 2.75) is 26.8 Å². The van der Waals surface area contributed by atoms with Crippen molar-refractivity contribution in [1.82, 2.24) is 5.32 Å². The van der Waals surface area contributed by atoms with Crippen LogP contribution in [0, 0.1) is 13.8 Å². The number of halogens is 1. The Morgan fingerprint density at radius 2 is 1.94 bits per heavy atom. The summed E-state index contributed by atoms with van der Waals surface area (Å²) in [6.07, 6.45) is 0. The lowest BCUT2D eigenvalue weighted by Gasteiger charge is -2.36. The Hall–Kier alpha value is -0.540. The Kier molecular flexibility index (Phi) is 3.55. The van der Waals surface area contributed by atoms with E-state index in [2.05, 4.69) is 59.1 Å². The molecule has 2 rings (SSSR count). The molecular formula is C13H19BrN2. The van der Waals surface area contributed by atoms with Crippen molar-refractivity contribution in [1.29, 1.82) is 0 Å². The molecule has 1 saturated heterocycles. The van der Waals surface area contributed by atoms with Crippen LogP contribution in [0.5, 0.6) is 0 Å². The highest BCUT2D eigenvalue weighted by atomic mass is 79.9. The van der Waals surface area contributed by atoms with E-state index in [-0.39, 0.29) is 0 Å². The third-order valence-corrected chi connectivity index (χ3v) is 4.50. The molecule has 0 aromatic heterocycles. The topological polar surface area (TPSA) is 15.3 Å². The average molecular weight is 283 g/mol. The minimum atomic E-state index is 0.578. The number of rotatable bonds is 1. The minimum absolute atomic E-state index is 0.578. The molecule has 1 aliphatic heterocycles. The molecule has 1 aliphatic rings. The van der Waals surface area contributed by atoms with Crippen molar-refractivity contribution < 1.29 is 0 Å². The number of nitrogens with one attached hydrogen (secondary N) is 1. The average Bonchev–Trinajstić information content (AvgIpc) is 2.26. The number of nitrogens with zero attached hydrogens (tertiary/aromatic N) is 1. The molecule has 1 N–H and O–H groups in total. The number of aryl methyl sites for hydroxylation is 2. The van der Waals surface area contributed by atoms with E-state index in [4.69, 9.17) is 0 Å². The monoisotopic (exact) mass is 282 g/mol. The summed E-state index contributed by atoms with van der Waals surface area (Å²) in [5.41, 5.74) is 3.99. The number of anilines is 1. The summed E-state index contributed by atoms with van der Waals surface area (Å²) < 4.78 is 1.24. The fraction of sp³-hybridized carbons (Fsp3) is 0.538. The number of piperazine rings is 1. The molecule has 0 spiro atoms. The van der Waals surface area contributed by atoms with Gasteiger partial charge in [0.05, 0.1) is 0 Å². The fourth-order valence-corrected chi connectivity index (χ4v) is 2.54. The van der Waals surface area contributed by atoms with Gasteiger partial charge >= 0.3 is 0 Å². The van der Waals surface area contributed by atoms with E-state index in [9.17, 15) is 0 Å². The van der Waals surface area contributed by atoms with Crippen LogP contribution >= 0.6 is 15.9 Å². The van der Waals surface area contributed by atoms with Gasteiger partial charge in [-0.3, -0.25) is 0 Å². The van der Waals surface area contributed by atoms with E-state index in [1.807, 2.05) is 0 Å². The van der Waals surface area contributed by atoms with Crippen molar-refractivity contribution in [2.75, 3.05) is 24.5 Å². The Labute approximate surface area is 106 Å². The SMILES string of the molecule is Cc1cc(N2CCNCC2C)cc(C)c1Br. The van der Waals surface area contributed by atoms with Gasteiger partial charge in [0.25, 0.3) is 0 Å². The highest BCUT2D eigenvalue weighted by Gasteiger charge is 2.18. The molecule has 1 aromatic rings. The molecule has 0 amide bonds. The van der Waals surface area contributed by atoms with Gasteiger partial charge in [-0.25, -0.2) is 0 Å². The van der Waals surface area contributed by atoms with E-state index in [0.717, 1.165) is 19.6 Å². The zero-order valence-corrected chi connectivity index (χ0v) is 11.8. The van der Waals surface area contributed by atoms with Crippen molar-refractivity contribution >= 4 is 21.6 Å². The quantitative estimate of drug-likeness (QED) is 0.852. The van der Waals surface area contributed by atoms with Crippen LogP contribution in [0.25, 0.3) is 0 Å². The lowest BCUT2D eigenvalue weighted by molar-refractivity contribution is 0.500. The highest BCUT2D eigenvalue weighted by molar-refractivity contribution is 9.10. The van der Waals surface area contributed by atoms with E-state index in [1.165, 1.54) is 21.3 Å². The molecule has 0 bridgehead atoms. The van der Waals surface area contributed by atoms with Crippen molar-refractivity contribution in [3.63, 3.8) is 0 Å². The molecule has 0 radical (unpaired) electrons. The van der Waals surface area contributed by atoms with Gasteiger partial charge in [-0.1, -0.05) is 15.9 Å². The number of hydrogen-bond donors (Lipinski definition) is 1. The lowest BCUT2D eigenvalue weighted by atomic mass is 10.1. The van der Waals surface area contributed by atoms with Gasteiger partial charge < -0.3 is 10.2 Å². The highest BCUT2D eigenvalue weighted by Crippen LogP contribution is 2.28. The molecule has 0 aliphatic carbocycles. The van der Waals surface area contributed by atoms with E-state index in [1.54, 1.807) is 0 Å². The van der Waals surface area contributed by atoms with Gasteiger partial charge in [0.15, 0.2) is 0 Å². The molecular weight excluding hydrogens is 264 g/mol. The zero-order valence-electron chi connectivity index (χ0n) is 10.2. The second-order valence-electron chi connectivity index (χ2n) is 4.64. The van der Waals surface area contributed by atoms with Gasteiger partial charge in [0.2, 0.25) is 0 Å². The summed E-state index contributed by atoms with van der Waals surface area (Å²) in [5.74, 6) is 0. The van der Waals surface area contributed by atoms with Crippen LogP contribution in [0.15, 0.2) is 16.6 Å². The summed E-state index contributed by atoms with van der Waals surface area (Å²) in [4.78, 5) is 2.49. The van der Waals surface area contributed by atoms with Crippen LogP contribution < -0.4 is 10.2 Å². The number of hydrogen-bond acceptors (Lipinski definition) is 2. The Morgan fingerprint density at radius 1 is 1.31 bits per heavy atom. The second kappa shape index (κ2) is 4.76. The molecule has 88 valence electrons. The smallest absolute Gasteiger partial charge is 0.0386 e. The van der Waals surface area contributed by atoms with Crippen molar-refractivity contribution in [2.24, 2.45) is 0 Å². The summed E-state index contributed by atoms with van der Waals surface area (Å²) in [7, 11) is 0. The van der Waals surface area contributed by atoms with Crippen LogP contribution in [-0.4, -0.2) is 25.7 Å². The molecule has 1 fully saturated rings. The maximum Gasteiger partial charge on any atom is 0.0386 e. The second-order valence-corrected chi connectivity index (χ2v) is 5.43. The van der Waals surface area contributed by atoms with Crippen LogP contribution in [0.1, 0.15) is 18.1 Å². The molecule has 1 unspecified atom stereocenters. The lowest BCUT2D eigenvalue weighted by Crippen LogP contribution is -2.49. The third kappa shape index (κ3) is 2.25.